The molecule has 0 aliphatic rings. The zero-order valence-electron chi connectivity index (χ0n) is 13.3. The van der Waals surface area contributed by atoms with Crippen LogP contribution in [0.1, 0.15) is 31.1 Å². The second kappa shape index (κ2) is 7.31. The number of primary amides is 1. The molecule has 0 atom stereocenters. The van der Waals surface area contributed by atoms with Crippen molar-refractivity contribution in [3.05, 3.63) is 71.4 Å². The number of aromatic nitrogens is 1. The largest absolute Gasteiger partial charge is 0.478 e. The normalized spacial score (nSPS) is 9.96. The summed E-state index contributed by atoms with van der Waals surface area (Å²) in [5.41, 5.74) is 6.81. The van der Waals surface area contributed by atoms with Gasteiger partial charge in [0.15, 0.2) is 0 Å². The van der Waals surface area contributed by atoms with Gasteiger partial charge in [-0.3, -0.25) is 4.79 Å². The van der Waals surface area contributed by atoms with E-state index in [1.807, 2.05) is 35.9 Å². The van der Waals surface area contributed by atoms with Crippen LogP contribution in [0.25, 0.3) is 10.9 Å². The number of rotatable bonds is 3. The minimum absolute atomic E-state index is 0.0186. The Morgan fingerprint density at radius 2 is 1.48 bits per heavy atom. The van der Waals surface area contributed by atoms with E-state index >= 15 is 0 Å². The minimum Gasteiger partial charge on any atom is -0.478 e. The van der Waals surface area contributed by atoms with Crippen LogP contribution in [0.15, 0.2) is 54.7 Å². The lowest BCUT2D eigenvalue weighted by Crippen LogP contribution is -2.09. The summed E-state index contributed by atoms with van der Waals surface area (Å²) in [5, 5.41) is 17.9. The Balaban J connectivity index is 0.000000181. The van der Waals surface area contributed by atoms with E-state index < -0.39 is 11.9 Å². The molecule has 1 amide bonds. The number of carboxylic acid groups (broad SMARTS) is 2. The molecule has 25 heavy (non-hydrogen) atoms. The number of hydrogen-bond acceptors (Lipinski definition) is 3. The highest BCUT2D eigenvalue weighted by atomic mass is 16.4. The summed E-state index contributed by atoms with van der Waals surface area (Å²) in [6.07, 6.45) is 1.76. The summed E-state index contributed by atoms with van der Waals surface area (Å²) >= 11 is 0. The summed E-state index contributed by atoms with van der Waals surface area (Å²) in [6, 6.07) is 12.9. The number of nitrogens with zero attached hydrogens (tertiary/aromatic N) is 1. The number of amides is 1. The molecule has 4 N–H and O–H groups in total. The molecular weight excluding hydrogens is 324 g/mol. The SMILES string of the molecule is Cn1cc(C(N)=O)c2ccccc21.O=C(O)c1cccc(C(=O)O)c1. The summed E-state index contributed by atoms with van der Waals surface area (Å²) in [6.45, 7) is 0. The van der Waals surface area contributed by atoms with Crippen molar-refractivity contribution in [3.63, 3.8) is 0 Å². The third-order valence-corrected chi connectivity index (χ3v) is 3.52. The summed E-state index contributed by atoms with van der Waals surface area (Å²) < 4.78 is 1.90. The Morgan fingerprint density at radius 3 is 2.00 bits per heavy atom. The monoisotopic (exact) mass is 340 g/mol. The van der Waals surface area contributed by atoms with E-state index in [-0.39, 0.29) is 17.0 Å². The van der Waals surface area contributed by atoms with Crippen LogP contribution in [0, 0.1) is 0 Å². The van der Waals surface area contributed by atoms with Gasteiger partial charge >= 0.3 is 11.9 Å². The first-order valence-corrected chi connectivity index (χ1v) is 7.21. The number of carbonyl (C=O) groups excluding carboxylic acids is 1. The molecule has 0 fully saturated rings. The van der Waals surface area contributed by atoms with Gasteiger partial charge in [0.25, 0.3) is 5.91 Å². The van der Waals surface area contributed by atoms with Crippen LogP contribution in [-0.2, 0) is 7.05 Å². The lowest BCUT2D eigenvalue weighted by Gasteiger charge is -1.95. The van der Waals surface area contributed by atoms with Crippen LogP contribution in [0.2, 0.25) is 0 Å². The highest BCUT2D eigenvalue weighted by Gasteiger charge is 2.09. The average Bonchev–Trinajstić information content (AvgIpc) is 2.93. The predicted molar refractivity (Wildman–Crippen MR) is 91.8 cm³/mol. The Morgan fingerprint density at radius 1 is 0.920 bits per heavy atom. The molecule has 0 aliphatic carbocycles. The van der Waals surface area contributed by atoms with Crippen molar-refractivity contribution in [1.29, 1.82) is 0 Å². The number of hydrogen-bond donors (Lipinski definition) is 3. The van der Waals surface area contributed by atoms with Gasteiger partial charge in [-0.2, -0.15) is 0 Å². The van der Waals surface area contributed by atoms with Gasteiger partial charge in [-0.15, -0.1) is 0 Å². The maximum Gasteiger partial charge on any atom is 0.335 e. The van der Waals surface area contributed by atoms with Gasteiger partial charge in [-0.05, 0) is 24.3 Å². The molecule has 0 spiro atoms. The number of para-hydroxylation sites is 1. The first-order chi connectivity index (χ1) is 11.8. The molecule has 2 aromatic carbocycles. The second-order valence-corrected chi connectivity index (χ2v) is 5.23. The number of aryl methyl sites for hydroxylation is 1. The molecule has 7 heteroatoms. The van der Waals surface area contributed by atoms with E-state index in [1.54, 1.807) is 6.20 Å². The fraction of sp³-hybridized carbons (Fsp3) is 0.0556. The van der Waals surface area contributed by atoms with Crippen molar-refractivity contribution < 1.29 is 24.6 Å². The molecule has 0 saturated heterocycles. The zero-order chi connectivity index (χ0) is 18.6. The van der Waals surface area contributed by atoms with E-state index in [2.05, 4.69) is 0 Å². The zero-order valence-corrected chi connectivity index (χ0v) is 13.3. The van der Waals surface area contributed by atoms with E-state index in [4.69, 9.17) is 15.9 Å². The maximum atomic E-state index is 11.0. The van der Waals surface area contributed by atoms with Gasteiger partial charge < -0.3 is 20.5 Å². The number of carbonyl (C=O) groups is 3. The molecule has 0 bridgehead atoms. The first kappa shape index (κ1) is 17.7. The fourth-order valence-corrected chi connectivity index (χ4v) is 2.32. The summed E-state index contributed by atoms with van der Waals surface area (Å²) in [5.74, 6) is -2.63. The molecule has 1 heterocycles. The third kappa shape index (κ3) is 4.03. The molecule has 3 rings (SSSR count). The van der Waals surface area contributed by atoms with Gasteiger partial charge in [0, 0.05) is 24.1 Å². The van der Waals surface area contributed by atoms with Crippen molar-refractivity contribution in [3.8, 4) is 0 Å². The Bertz CT molecular complexity index is 930. The van der Waals surface area contributed by atoms with E-state index in [0.717, 1.165) is 17.0 Å². The van der Waals surface area contributed by atoms with Gasteiger partial charge in [-0.1, -0.05) is 24.3 Å². The number of aromatic carboxylic acids is 2. The van der Waals surface area contributed by atoms with Crippen LogP contribution in [0.5, 0.6) is 0 Å². The third-order valence-electron chi connectivity index (χ3n) is 3.52. The van der Waals surface area contributed by atoms with Crippen LogP contribution >= 0.6 is 0 Å². The van der Waals surface area contributed by atoms with E-state index in [9.17, 15) is 14.4 Å². The van der Waals surface area contributed by atoms with Gasteiger partial charge in [0.2, 0.25) is 0 Å². The number of carboxylic acids is 2. The molecule has 0 radical (unpaired) electrons. The molecule has 0 unspecified atom stereocenters. The maximum absolute atomic E-state index is 11.0. The van der Waals surface area contributed by atoms with Crippen LogP contribution < -0.4 is 5.73 Å². The second-order valence-electron chi connectivity index (χ2n) is 5.23. The number of nitrogens with two attached hydrogens (primary N) is 1. The van der Waals surface area contributed by atoms with Crippen molar-refractivity contribution >= 4 is 28.7 Å². The quantitative estimate of drug-likeness (QED) is 0.675. The molecule has 0 saturated carbocycles. The first-order valence-electron chi connectivity index (χ1n) is 7.21. The molecule has 7 nitrogen and oxygen atoms in total. The van der Waals surface area contributed by atoms with Crippen LogP contribution in [-0.4, -0.2) is 32.6 Å². The Labute approximate surface area is 142 Å². The minimum atomic E-state index is -1.13. The fourth-order valence-electron chi connectivity index (χ4n) is 2.32. The van der Waals surface area contributed by atoms with Gasteiger partial charge in [0.1, 0.15) is 0 Å². The van der Waals surface area contributed by atoms with Crippen LogP contribution in [0.4, 0.5) is 0 Å². The van der Waals surface area contributed by atoms with Crippen LogP contribution in [0.3, 0.4) is 0 Å². The molecule has 0 aliphatic heterocycles. The predicted octanol–water partition coefficient (Wildman–Crippen LogP) is 2.36. The highest BCUT2D eigenvalue weighted by molar-refractivity contribution is 6.06. The van der Waals surface area contributed by atoms with Gasteiger partial charge in [-0.25, -0.2) is 9.59 Å². The van der Waals surface area contributed by atoms with Crippen molar-refractivity contribution in [1.82, 2.24) is 4.57 Å². The number of fused-ring (bicyclic) bond motifs is 1. The van der Waals surface area contributed by atoms with E-state index in [0.29, 0.717) is 5.56 Å². The molecular formula is C18H16N2O5. The van der Waals surface area contributed by atoms with Crippen molar-refractivity contribution in [2.75, 3.05) is 0 Å². The molecule has 3 aromatic rings. The summed E-state index contributed by atoms with van der Waals surface area (Å²) in [4.78, 5) is 31.8. The standard InChI is InChI=1S/C10H10N2O.C8H6O4/c1-12-6-8(10(11)13)7-4-2-3-5-9(7)12;9-7(10)5-2-1-3-6(4-5)8(11)12/h2-6H,1H3,(H2,11,13);1-4H,(H,9,10)(H,11,12). The highest BCUT2D eigenvalue weighted by Crippen LogP contribution is 2.19. The lowest BCUT2D eigenvalue weighted by molar-refractivity contribution is 0.0696. The van der Waals surface area contributed by atoms with Crippen molar-refractivity contribution in [2.24, 2.45) is 12.8 Å². The molecule has 128 valence electrons. The smallest absolute Gasteiger partial charge is 0.335 e. The Kier molecular flexibility index (Phi) is 5.18. The lowest BCUT2D eigenvalue weighted by atomic mass is 10.1. The average molecular weight is 340 g/mol. The Hall–Kier alpha value is -3.61. The number of benzene rings is 2. The van der Waals surface area contributed by atoms with E-state index in [1.165, 1.54) is 18.2 Å². The topological polar surface area (TPSA) is 123 Å². The molecule has 1 aromatic heterocycles. The summed E-state index contributed by atoms with van der Waals surface area (Å²) in [7, 11) is 1.90. The van der Waals surface area contributed by atoms with Gasteiger partial charge in [0.05, 0.1) is 16.7 Å². The van der Waals surface area contributed by atoms with Crippen molar-refractivity contribution in [2.45, 2.75) is 0 Å².